The number of allylic oxidation sites excluding steroid dienone is 1. The van der Waals surface area contributed by atoms with Crippen LogP contribution in [0.2, 0.25) is 0 Å². The molecule has 1 unspecified atom stereocenters. The lowest BCUT2D eigenvalue weighted by atomic mass is 9.85. The molecule has 2 amide bonds. The van der Waals surface area contributed by atoms with E-state index in [4.69, 9.17) is 23.8 Å². The number of rotatable bonds is 18. The summed E-state index contributed by atoms with van der Waals surface area (Å²) in [6, 6.07) is 7.55. The largest absolute Gasteiger partial charge is 0.508 e. The van der Waals surface area contributed by atoms with E-state index in [0.29, 0.717) is 0 Å². The number of amides is 2. The molecule has 0 radical (unpaired) electrons. The van der Waals surface area contributed by atoms with Crippen molar-refractivity contribution in [2.75, 3.05) is 11.9 Å². The number of carbonyl (C=O) groups excluding carboxylic acids is 6. The third-order valence-corrected chi connectivity index (χ3v) is 10.1. The fraction of sp³-hybridized carbons (Fsp3) is 0.487. The Morgan fingerprint density at radius 2 is 1.64 bits per heavy atom. The molecule has 1 saturated heterocycles. The molecule has 332 valence electrons. The quantitative estimate of drug-likeness (QED) is 0.0406. The van der Waals surface area contributed by atoms with E-state index in [1.165, 1.54) is 31.5 Å². The molecule has 61 heavy (non-hydrogen) atoms. The Morgan fingerprint density at radius 1 is 0.984 bits per heavy atom. The zero-order chi connectivity index (χ0) is 45.5. The number of oxime groups is 1. The van der Waals surface area contributed by atoms with Crippen LogP contribution in [0.15, 0.2) is 64.6 Å². The molecule has 2 aliphatic heterocycles. The van der Waals surface area contributed by atoms with Gasteiger partial charge in [0.05, 0.1) is 30.7 Å². The van der Waals surface area contributed by atoms with Crippen molar-refractivity contribution in [3.8, 4) is 0 Å². The zero-order valence-electron chi connectivity index (χ0n) is 34.7. The molecule has 1 fully saturated rings. The molecule has 3 atom stereocenters. The number of aliphatic hydroxyl groups excluding tert-OH is 1. The molecule has 1 aromatic carbocycles. The lowest BCUT2D eigenvalue weighted by Gasteiger charge is -2.43. The number of carbonyl (C=O) groups is 6. The normalized spacial score (nSPS) is 18.4. The molecule has 0 bridgehead atoms. The van der Waals surface area contributed by atoms with Gasteiger partial charge in [-0.25, -0.2) is 18.9 Å². The fourth-order valence-electron chi connectivity index (χ4n) is 5.42. The van der Waals surface area contributed by atoms with Crippen LogP contribution in [-0.4, -0.2) is 104 Å². The highest BCUT2D eigenvalue weighted by Gasteiger charge is 2.54. The van der Waals surface area contributed by atoms with Crippen LogP contribution in [0.25, 0.3) is 0 Å². The Balaban J connectivity index is 1.46. The van der Waals surface area contributed by atoms with Gasteiger partial charge in [0.15, 0.2) is 22.4 Å². The predicted octanol–water partition coefficient (Wildman–Crippen LogP) is 4.28. The second kappa shape index (κ2) is 19.3. The summed E-state index contributed by atoms with van der Waals surface area (Å²) in [6.45, 7) is 11.8. The number of β-lactam (4-membered cyclic amide) rings is 1. The number of nitrogens with one attached hydrogen (secondary N) is 2. The van der Waals surface area contributed by atoms with Crippen LogP contribution in [0.5, 0.6) is 0 Å². The maximum absolute atomic E-state index is 13.9. The number of hydrogen-bond donors (Lipinski definition) is 4. The van der Waals surface area contributed by atoms with Crippen LogP contribution >= 0.6 is 11.3 Å². The number of Topliss-reactive ketones (excluding diaryl/α,β-unsaturated/α-hetero) is 2. The van der Waals surface area contributed by atoms with E-state index in [2.05, 4.69) is 20.8 Å². The standard InChI is InChI=1S/C39H49N5O15S2/c1-37(2,3)57-34(50)39(7,8)59-43-32(25-21-60-35(41-25)42-36(51)58-38(4,5)6)28(46)16-23-26(44(33(23)49)61(52,53)54)20-56-31(48)15-14-27(45)24-17-30(29(47)18-40-24)55-19-22-12-10-9-11-13-22/h9-13,17-18,21,23,26,30,40,47H,14-16,19-20H2,1-8H3,(H,41,42,51)(H,52,53,54)/b43-32-/t23-,26+,30?/m0/s1. The van der Waals surface area contributed by atoms with Crippen molar-refractivity contribution in [3.05, 3.63) is 70.7 Å². The van der Waals surface area contributed by atoms with E-state index in [9.17, 15) is 46.8 Å². The number of thiazole rings is 1. The molecule has 4 rings (SSSR count). The number of aromatic nitrogens is 1. The van der Waals surface area contributed by atoms with Gasteiger partial charge in [-0.3, -0.25) is 29.0 Å². The summed E-state index contributed by atoms with van der Waals surface area (Å²) >= 11 is 0.869. The number of esters is 2. The minimum absolute atomic E-state index is 0.0296. The Morgan fingerprint density at radius 3 is 2.26 bits per heavy atom. The minimum atomic E-state index is -5.20. The van der Waals surface area contributed by atoms with Crippen molar-refractivity contribution in [2.45, 2.75) is 110 Å². The van der Waals surface area contributed by atoms with Gasteiger partial charge < -0.3 is 34.2 Å². The number of aliphatic hydroxyl groups is 1. The lowest BCUT2D eigenvalue weighted by Crippen LogP contribution is -2.65. The van der Waals surface area contributed by atoms with Crippen LogP contribution in [0.4, 0.5) is 9.93 Å². The molecular formula is C39H49N5O15S2. The average Bonchev–Trinajstić information content (AvgIpc) is 3.59. The summed E-state index contributed by atoms with van der Waals surface area (Å²) in [6.07, 6.45) is -0.935. The highest BCUT2D eigenvalue weighted by Crippen LogP contribution is 2.33. The van der Waals surface area contributed by atoms with Crippen molar-refractivity contribution in [3.63, 3.8) is 0 Å². The molecule has 0 saturated carbocycles. The van der Waals surface area contributed by atoms with Gasteiger partial charge in [0.1, 0.15) is 35.4 Å². The van der Waals surface area contributed by atoms with Crippen LogP contribution in [-0.2, 0) is 64.7 Å². The van der Waals surface area contributed by atoms with Crippen molar-refractivity contribution in [1.82, 2.24) is 14.6 Å². The average molecular weight is 892 g/mol. The van der Waals surface area contributed by atoms with Crippen molar-refractivity contribution >= 4 is 68.0 Å². The van der Waals surface area contributed by atoms with Gasteiger partial charge in [0.25, 0.3) is 0 Å². The third kappa shape index (κ3) is 13.9. The van der Waals surface area contributed by atoms with Crippen LogP contribution < -0.4 is 10.6 Å². The molecule has 4 N–H and O–H groups in total. The number of dihydropyridines is 1. The molecule has 0 spiro atoms. The van der Waals surface area contributed by atoms with Crippen LogP contribution in [0, 0.1) is 5.92 Å². The molecule has 0 aliphatic carbocycles. The van der Waals surface area contributed by atoms with Gasteiger partial charge in [0.2, 0.25) is 11.5 Å². The number of hydrogen-bond acceptors (Lipinski definition) is 18. The van der Waals surface area contributed by atoms with E-state index in [1.807, 2.05) is 30.3 Å². The molecule has 20 nitrogen and oxygen atoms in total. The summed E-state index contributed by atoms with van der Waals surface area (Å²) in [5.41, 5.74) is -3.38. The number of nitrogens with zero attached hydrogens (tertiary/aromatic N) is 3. The minimum Gasteiger partial charge on any atom is -0.508 e. The molecule has 2 aliphatic rings. The summed E-state index contributed by atoms with van der Waals surface area (Å²) in [5.74, 6) is -6.21. The number of anilines is 1. The highest BCUT2D eigenvalue weighted by molar-refractivity contribution is 7.84. The smallest absolute Gasteiger partial charge is 0.413 e. The third-order valence-electron chi connectivity index (χ3n) is 8.36. The maximum atomic E-state index is 13.9. The van der Waals surface area contributed by atoms with Crippen molar-refractivity contribution in [1.29, 1.82) is 0 Å². The first-order valence-electron chi connectivity index (χ1n) is 18.7. The second-order valence-electron chi connectivity index (χ2n) is 16.2. The zero-order valence-corrected chi connectivity index (χ0v) is 36.4. The maximum Gasteiger partial charge on any atom is 0.413 e. The number of benzene rings is 1. The van der Waals surface area contributed by atoms with E-state index in [0.717, 1.165) is 16.9 Å². The van der Waals surface area contributed by atoms with Gasteiger partial charge in [0, 0.05) is 24.4 Å². The monoisotopic (exact) mass is 891 g/mol. The van der Waals surface area contributed by atoms with Gasteiger partial charge in [-0.15, -0.1) is 11.3 Å². The Hall–Kier alpha value is -5.71. The predicted molar refractivity (Wildman–Crippen MR) is 217 cm³/mol. The van der Waals surface area contributed by atoms with E-state index < -0.39 is 106 Å². The molecule has 3 heterocycles. The lowest BCUT2D eigenvalue weighted by molar-refractivity contribution is -0.179. The van der Waals surface area contributed by atoms with Crippen molar-refractivity contribution < 1.29 is 70.6 Å². The first-order valence-corrected chi connectivity index (χ1v) is 21.0. The summed E-state index contributed by atoms with van der Waals surface area (Å²) < 4.78 is 55.8. The molecule has 1 aromatic heterocycles. The van der Waals surface area contributed by atoms with Crippen LogP contribution in [0.1, 0.15) is 85.9 Å². The fourth-order valence-corrected chi connectivity index (χ4v) is 7.01. The molecule has 2 aromatic rings. The van der Waals surface area contributed by atoms with Gasteiger partial charge >= 0.3 is 28.3 Å². The van der Waals surface area contributed by atoms with Crippen LogP contribution in [0.3, 0.4) is 0 Å². The summed E-state index contributed by atoms with van der Waals surface area (Å²) in [5, 5.41) is 20.5. The Kier molecular flexibility index (Phi) is 15.2. The molecule has 22 heteroatoms. The first kappa shape index (κ1) is 48.0. The van der Waals surface area contributed by atoms with E-state index in [1.54, 1.807) is 41.5 Å². The topological polar surface area (TPSA) is 276 Å². The Bertz CT molecular complexity index is 2200. The summed E-state index contributed by atoms with van der Waals surface area (Å²) in [7, 11) is -5.20. The van der Waals surface area contributed by atoms with Gasteiger partial charge in [-0.05, 0) is 67.0 Å². The van der Waals surface area contributed by atoms with E-state index in [-0.39, 0.29) is 39.6 Å². The first-order chi connectivity index (χ1) is 28.2. The summed E-state index contributed by atoms with van der Waals surface area (Å²) in [4.78, 5) is 87.7. The second-order valence-corrected chi connectivity index (χ2v) is 18.4. The van der Waals surface area contributed by atoms with Crippen molar-refractivity contribution in [2.24, 2.45) is 11.1 Å². The molecular weight excluding hydrogens is 843 g/mol. The Labute approximate surface area is 356 Å². The number of ketones is 2. The number of ether oxygens (including phenoxy) is 4. The van der Waals surface area contributed by atoms with Gasteiger partial charge in [-0.2, -0.15) is 8.42 Å². The van der Waals surface area contributed by atoms with E-state index >= 15 is 0 Å². The highest BCUT2D eigenvalue weighted by atomic mass is 32.2. The van der Waals surface area contributed by atoms with Gasteiger partial charge in [-0.1, -0.05) is 35.5 Å². The SMILES string of the molecule is CC(C)(C)OC(=O)Nc1nc(/C(=N/OC(C)(C)C(=O)OC(C)(C)C)C(=O)C[C@@H]2C(=O)N(S(=O)(=O)O)[C@@H]2COC(=O)CCC(=O)C2=CC(OCc3ccccc3)C(O)=CN2)cs1.